The lowest BCUT2D eigenvalue weighted by Gasteiger charge is -2.35. The van der Waals surface area contributed by atoms with E-state index in [2.05, 4.69) is 20.5 Å². The number of carbonyl (C=O) groups excluding carboxylic acids is 2. The lowest BCUT2D eigenvalue weighted by atomic mass is 10.1. The number of aliphatic hydroxyl groups excluding tert-OH is 1. The van der Waals surface area contributed by atoms with E-state index in [1.165, 1.54) is 36.0 Å². The van der Waals surface area contributed by atoms with E-state index in [-0.39, 0.29) is 53.5 Å². The van der Waals surface area contributed by atoms with Crippen LogP contribution in [0.1, 0.15) is 27.7 Å². The van der Waals surface area contributed by atoms with Crippen molar-refractivity contribution in [1.29, 1.82) is 0 Å². The molecule has 2 amide bonds. The fourth-order valence-corrected chi connectivity index (χ4v) is 5.08. The zero-order chi connectivity index (χ0) is 29.9. The minimum Gasteiger partial charge on any atom is -0.484 e. The highest BCUT2D eigenvalue weighted by Gasteiger charge is 2.51. The Balaban J connectivity index is 2.01. The molecule has 17 heteroatoms. The molecule has 1 aromatic carbocycles. The molecule has 2 heterocycles. The number of aryl methyl sites for hydroxylation is 1. The molecule has 0 radical (unpaired) electrons. The summed E-state index contributed by atoms with van der Waals surface area (Å²) in [7, 11) is -4.43. The number of alkyl halides is 3. The summed E-state index contributed by atoms with van der Waals surface area (Å²) in [4.78, 5) is 23.4. The van der Waals surface area contributed by atoms with Crippen LogP contribution in [0.2, 0.25) is 0 Å². The summed E-state index contributed by atoms with van der Waals surface area (Å²) in [6.45, 7) is 3.74. The first-order chi connectivity index (χ1) is 18.6. The zero-order valence-electron chi connectivity index (χ0n) is 22.1. The second-order valence-corrected chi connectivity index (χ2v) is 11.0. The number of amides is 2. The highest BCUT2D eigenvalue weighted by molar-refractivity contribution is 7.93. The van der Waals surface area contributed by atoms with Gasteiger partial charge in [0.05, 0.1) is 25.4 Å². The van der Waals surface area contributed by atoms with E-state index < -0.39 is 40.6 Å². The molecule has 1 aromatic heterocycles. The number of nitrogens with one attached hydrogen (secondary N) is 2. The highest BCUT2D eigenvalue weighted by Crippen LogP contribution is 2.40. The Morgan fingerprint density at radius 3 is 2.58 bits per heavy atom. The number of nitrogens with zero attached hydrogens (tertiary/aromatic N) is 3. The Bertz CT molecular complexity index is 1350. The zero-order valence-corrected chi connectivity index (χ0v) is 22.9. The van der Waals surface area contributed by atoms with E-state index >= 15 is 0 Å². The average Bonchev–Trinajstić information content (AvgIpc) is 3.29. The minimum absolute atomic E-state index is 0.0399. The van der Waals surface area contributed by atoms with Crippen molar-refractivity contribution in [1.82, 2.24) is 15.1 Å². The second-order valence-electron chi connectivity index (χ2n) is 9.14. The van der Waals surface area contributed by atoms with Crippen molar-refractivity contribution >= 4 is 33.4 Å². The van der Waals surface area contributed by atoms with Gasteiger partial charge in [-0.15, -0.1) is 5.10 Å². The van der Waals surface area contributed by atoms with Crippen molar-refractivity contribution in [3.05, 3.63) is 24.4 Å². The number of halogens is 3. The van der Waals surface area contributed by atoms with Gasteiger partial charge in [-0.2, -0.15) is 13.2 Å². The van der Waals surface area contributed by atoms with E-state index in [1.807, 2.05) is 0 Å². The number of sulfonamides is 1. The predicted octanol–water partition coefficient (Wildman–Crippen LogP) is 2.26. The summed E-state index contributed by atoms with van der Waals surface area (Å²) < 4.78 is 85.3. The largest absolute Gasteiger partial charge is 0.484 e. The SMILES string of the molecule is CCn1cc(S(=O)(=O)N2CC(CNC(C)=O)Oc3ccc(NC(=O)OC(C)(C)C(F)(F)F)cc32)c(OCCO)n1. The van der Waals surface area contributed by atoms with Crippen LogP contribution in [0, 0.1) is 0 Å². The molecule has 3 N–H and O–H groups in total. The Hall–Kier alpha value is -3.73. The number of aliphatic hydroxyl groups is 1. The maximum absolute atomic E-state index is 13.9. The number of anilines is 2. The molecule has 0 spiro atoms. The average molecular weight is 594 g/mol. The standard InChI is InChI=1S/C23H30F3N5O8S/c1-5-30-13-19(20(29-30)37-9-8-32)40(35,36)31-12-16(11-27-14(2)33)38-18-7-6-15(10-17(18)31)28-21(34)39-22(3,4)23(24,25)26/h6-7,10,13,16,32H,5,8-9,11-12H2,1-4H3,(H,27,33)(H,28,34). The Labute approximate surface area is 228 Å². The van der Waals surface area contributed by atoms with Crippen LogP contribution in [0.15, 0.2) is 29.3 Å². The third-order valence-electron chi connectivity index (χ3n) is 5.66. The number of benzene rings is 1. The highest BCUT2D eigenvalue weighted by atomic mass is 32.2. The molecule has 0 aliphatic carbocycles. The van der Waals surface area contributed by atoms with Crippen LogP contribution in [-0.4, -0.2) is 79.5 Å². The number of aromatic nitrogens is 2. The number of carbonyl (C=O) groups is 2. The molecule has 3 rings (SSSR count). The maximum atomic E-state index is 13.9. The van der Waals surface area contributed by atoms with Crippen molar-refractivity contribution in [2.24, 2.45) is 0 Å². The van der Waals surface area contributed by atoms with Gasteiger partial charge in [-0.3, -0.25) is 19.1 Å². The van der Waals surface area contributed by atoms with E-state index in [1.54, 1.807) is 6.92 Å². The molecule has 0 bridgehead atoms. The van der Waals surface area contributed by atoms with Gasteiger partial charge >= 0.3 is 12.3 Å². The first-order valence-electron chi connectivity index (χ1n) is 12.0. The summed E-state index contributed by atoms with van der Waals surface area (Å²) in [5.74, 6) is -0.567. The molecule has 0 saturated carbocycles. The van der Waals surface area contributed by atoms with E-state index in [0.29, 0.717) is 20.4 Å². The molecule has 0 saturated heterocycles. The van der Waals surface area contributed by atoms with Crippen molar-refractivity contribution < 1.29 is 50.5 Å². The summed E-state index contributed by atoms with van der Waals surface area (Å²) in [5, 5.41) is 18.0. The summed E-state index contributed by atoms with van der Waals surface area (Å²) >= 11 is 0. The van der Waals surface area contributed by atoms with Gasteiger partial charge in [0.2, 0.25) is 11.5 Å². The summed E-state index contributed by atoms with van der Waals surface area (Å²) in [6.07, 6.45) is -5.83. The van der Waals surface area contributed by atoms with Crippen LogP contribution in [0.5, 0.6) is 11.6 Å². The van der Waals surface area contributed by atoms with Gasteiger partial charge in [0, 0.05) is 25.4 Å². The van der Waals surface area contributed by atoms with E-state index in [9.17, 15) is 31.2 Å². The number of hydrogen-bond acceptors (Lipinski definition) is 9. The second kappa shape index (κ2) is 11.8. The first-order valence-corrected chi connectivity index (χ1v) is 13.5. The summed E-state index contributed by atoms with van der Waals surface area (Å²) in [5.41, 5.74) is -2.92. The van der Waals surface area contributed by atoms with Gasteiger partial charge in [0.15, 0.2) is 4.90 Å². The Kier molecular flexibility index (Phi) is 9.08. The van der Waals surface area contributed by atoms with Crippen LogP contribution >= 0.6 is 0 Å². The predicted molar refractivity (Wildman–Crippen MR) is 135 cm³/mol. The summed E-state index contributed by atoms with van der Waals surface area (Å²) in [6, 6.07) is 3.81. The molecular formula is C23H30F3N5O8S. The first kappa shape index (κ1) is 30.8. The number of hydrogen-bond donors (Lipinski definition) is 3. The van der Waals surface area contributed by atoms with Crippen molar-refractivity contribution in [3.63, 3.8) is 0 Å². The van der Waals surface area contributed by atoms with Crippen molar-refractivity contribution in [2.75, 3.05) is 35.9 Å². The van der Waals surface area contributed by atoms with Crippen LogP contribution in [0.4, 0.5) is 29.3 Å². The quantitative estimate of drug-likeness (QED) is 0.375. The molecule has 222 valence electrons. The maximum Gasteiger partial charge on any atom is 0.427 e. The lowest BCUT2D eigenvalue weighted by molar-refractivity contribution is -0.242. The fraction of sp³-hybridized carbons (Fsp3) is 0.522. The van der Waals surface area contributed by atoms with Crippen LogP contribution in [0.3, 0.4) is 0 Å². The molecule has 40 heavy (non-hydrogen) atoms. The van der Waals surface area contributed by atoms with Crippen LogP contribution in [0.25, 0.3) is 0 Å². The van der Waals surface area contributed by atoms with Gasteiger partial charge in [0.25, 0.3) is 15.9 Å². The molecule has 2 aromatic rings. The van der Waals surface area contributed by atoms with Crippen LogP contribution < -0.4 is 24.4 Å². The molecular weight excluding hydrogens is 563 g/mol. The van der Waals surface area contributed by atoms with Gasteiger partial charge in [-0.05, 0) is 39.0 Å². The lowest BCUT2D eigenvalue weighted by Crippen LogP contribution is -2.48. The third kappa shape index (κ3) is 6.88. The van der Waals surface area contributed by atoms with Crippen molar-refractivity contribution in [2.45, 2.75) is 57.0 Å². The Morgan fingerprint density at radius 2 is 1.98 bits per heavy atom. The van der Waals surface area contributed by atoms with Gasteiger partial charge in [-0.25, -0.2) is 13.2 Å². The molecule has 1 unspecified atom stereocenters. The Morgan fingerprint density at radius 1 is 1.27 bits per heavy atom. The molecule has 1 atom stereocenters. The monoisotopic (exact) mass is 593 g/mol. The van der Waals surface area contributed by atoms with Gasteiger partial charge in [-0.1, -0.05) is 0 Å². The third-order valence-corrected chi connectivity index (χ3v) is 7.43. The molecule has 1 aliphatic heterocycles. The number of rotatable bonds is 10. The molecule has 13 nitrogen and oxygen atoms in total. The van der Waals surface area contributed by atoms with Gasteiger partial charge in [0.1, 0.15) is 18.5 Å². The number of fused-ring (bicyclic) bond motifs is 1. The van der Waals surface area contributed by atoms with E-state index in [0.717, 1.165) is 4.31 Å². The van der Waals surface area contributed by atoms with Crippen molar-refractivity contribution in [3.8, 4) is 11.6 Å². The molecule has 0 fully saturated rings. The smallest absolute Gasteiger partial charge is 0.427 e. The minimum atomic E-state index is -4.83. The normalized spacial score (nSPS) is 15.6. The number of ether oxygens (including phenoxy) is 3. The topological polar surface area (TPSA) is 161 Å². The molecule has 1 aliphatic rings. The van der Waals surface area contributed by atoms with Crippen LogP contribution in [-0.2, 0) is 26.1 Å². The fourth-order valence-electron chi connectivity index (χ4n) is 3.50. The van der Waals surface area contributed by atoms with Gasteiger partial charge < -0.3 is 24.6 Å². The van der Waals surface area contributed by atoms with E-state index in [4.69, 9.17) is 14.6 Å².